The van der Waals surface area contributed by atoms with Gasteiger partial charge in [-0.1, -0.05) is 23.2 Å². The van der Waals surface area contributed by atoms with Gasteiger partial charge in [-0.3, -0.25) is 14.6 Å². The van der Waals surface area contributed by atoms with Crippen LogP contribution in [0.25, 0.3) is 11.3 Å². The van der Waals surface area contributed by atoms with Gasteiger partial charge in [0.25, 0.3) is 0 Å². The molecule has 2 aliphatic rings. The lowest BCUT2D eigenvalue weighted by Gasteiger charge is -2.34. The van der Waals surface area contributed by atoms with E-state index in [-0.39, 0.29) is 12.3 Å². The molecule has 43 heavy (non-hydrogen) atoms. The molecule has 10 nitrogen and oxygen atoms in total. The minimum Gasteiger partial charge on any atom is -0.481 e. The highest BCUT2D eigenvalue weighted by atomic mass is 35.5. The number of halogens is 2. The number of hydrogen-bond donors (Lipinski definition) is 1. The average molecular weight is 647 g/mol. The fraction of sp³-hybridized carbons (Fsp3) is 0.467. The smallest absolute Gasteiger partial charge is 0.458 e. The molecule has 13 heteroatoms. The zero-order valence-electron chi connectivity index (χ0n) is 23.8. The van der Waals surface area contributed by atoms with Gasteiger partial charge >= 0.3 is 17.6 Å². The van der Waals surface area contributed by atoms with Gasteiger partial charge in [-0.05, 0) is 61.7 Å². The Morgan fingerprint density at radius 3 is 2.33 bits per heavy atom. The van der Waals surface area contributed by atoms with Crippen molar-refractivity contribution in [3.63, 3.8) is 0 Å². The maximum atomic E-state index is 11.1. The molecule has 1 N–H and O–H groups in total. The molecule has 3 aromatic rings. The van der Waals surface area contributed by atoms with Gasteiger partial charge in [0.05, 0.1) is 18.1 Å². The number of benzene rings is 1. The number of likely N-dealkylation sites (tertiary alicyclic amines) is 1. The molecule has 2 saturated heterocycles. The molecule has 0 amide bonds. The van der Waals surface area contributed by atoms with E-state index in [0.717, 1.165) is 82.0 Å². The van der Waals surface area contributed by atoms with Crippen LogP contribution in [0.4, 0.5) is 5.82 Å². The summed E-state index contributed by atoms with van der Waals surface area (Å²) in [6.07, 6.45) is 6.18. The summed E-state index contributed by atoms with van der Waals surface area (Å²) in [5.41, 5.74) is 2.45. The van der Waals surface area contributed by atoms with Crippen LogP contribution in [-0.2, 0) is 27.2 Å². The molecule has 2 aliphatic heterocycles. The summed E-state index contributed by atoms with van der Waals surface area (Å²) in [6.45, 7) is 6.82. The van der Waals surface area contributed by atoms with Crippen molar-refractivity contribution in [2.75, 3.05) is 56.5 Å². The van der Waals surface area contributed by atoms with E-state index in [0.29, 0.717) is 51.5 Å². The SMILES string of the molecule is O=[S+]CCCN1CCN(c2cnc(Oc3cc(CN4CCC(CC(=O)O)CC4)cc(-c4cc(Cl)cc(Cl)c4)n3)cn2)CC1. The third kappa shape index (κ3) is 9.26. The van der Waals surface area contributed by atoms with E-state index in [2.05, 4.69) is 24.7 Å². The van der Waals surface area contributed by atoms with Crippen molar-refractivity contribution in [2.45, 2.75) is 32.2 Å². The number of carboxylic acids is 1. The minimum atomic E-state index is -0.736. The molecule has 0 radical (unpaired) electrons. The Labute approximate surface area is 265 Å². The molecule has 2 fully saturated rings. The molecule has 4 heterocycles. The van der Waals surface area contributed by atoms with Crippen LogP contribution in [0.5, 0.6) is 11.8 Å². The zero-order chi connectivity index (χ0) is 30.2. The van der Waals surface area contributed by atoms with E-state index in [9.17, 15) is 9.00 Å². The van der Waals surface area contributed by atoms with Crippen LogP contribution in [-0.4, -0.2) is 87.4 Å². The largest absolute Gasteiger partial charge is 0.481 e. The lowest BCUT2D eigenvalue weighted by Crippen LogP contribution is -2.47. The second-order valence-corrected chi connectivity index (χ2v) is 12.5. The lowest BCUT2D eigenvalue weighted by atomic mass is 9.93. The normalized spacial score (nSPS) is 16.7. The molecule has 0 spiro atoms. The van der Waals surface area contributed by atoms with Crippen molar-refractivity contribution in [1.29, 1.82) is 0 Å². The summed E-state index contributed by atoms with van der Waals surface area (Å²) in [6, 6.07) is 9.22. The predicted molar refractivity (Wildman–Crippen MR) is 168 cm³/mol. The number of anilines is 1. The van der Waals surface area contributed by atoms with Gasteiger partial charge in [0.15, 0.2) is 0 Å². The van der Waals surface area contributed by atoms with Crippen LogP contribution in [0.15, 0.2) is 42.7 Å². The van der Waals surface area contributed by atoms with Gasteiger partial charge in [-0.15, -0.1) is 0 Å². The van der Waals surface area contributed by atoms with E-state index in [1.54, 1.807) is 18.5 Å². The molecule has 0 aliphatic carbocycles. The Bertz CT molecular complexity index is 1380. The highest BCUT2D eigenvalue weighted by Crippen LogP contribution is 2.31. The summed E-state index contributed by atoms with van der Waals surface area (Å²) < 4.78 is 16.7. The maximum Gasteiger partial charge on any atom is 0.458 e. The maximum absolute atomic E-state index is 11.1. The van der Waals surface area contributed by atoms with Crippen molar-refractivity contribution < 1.29 is 18.8 Å². The van der Waals surface area contributed by atoms with Gasteiger partial charge in [0, 0.05) is 78.0 Å². The molecule has 0 atom stereocenters. The molecule has 2 aromatic heterocycles. The van der Waals surface area contributed by atoms with Gasteiger partial charge in [-0.2, -0.15) is 0 Å². The first-order valence-corrected chi connectivity index (χ1v) is 16.1. The Morgan fingerprint density at radius 2 is 1.67 bits per heavy atom. The monoisotopic (exact) mass is 645 g/mol. The number of ether oxygens (including phenoxy) is 1. The predicted octanol–water partition coefficient (Wildman–Crippen LogP) is 5.26. The van der Waals surface area contributed by atoms with E-state index in [4.69, 9.17) is 38.0 Å². The van der Waals surface area contributed by atoms with Crippen LogP contribution in [0.3, 0.4) is 0 Å². The molecule has 1 aromatic carbocycles. The summed E-state index contributed by atoms with van der Waals surface area (Å²) in [5, 5.41) is 10.2. The molecule has 0 saturated carbocycles. The third-order valence-electron chi connectivity index (χ3n) is 7.82. The van der Waals surface area contributed by atoms with E-state index < -0.39 is 5.97 Å². The van der Waals surface area contributed by atoms with Crippen LogP contribution < -0.4 is 9.64 Å². The van der Waals surface area contributed by atoms with Gasteiger partial charge in [0.2, 0.25) is 17.5 Å². The number of hydrogen-bond acceptors (Lipinski definition) is 9. The highest BCUT2D eigenvalue weighted by molar-refractivity contribution is 7.65. The fourth-order valence-electron chi connectivity index (χ4n) is 5.59. The number of piperidine rings is 1. The molecule has 0 unspecified atom stereocenters. The lowest BCUT2D eigenvalue weighted by molar-refractivity contribution is -0.138. The van der Waals surface area contributed by atoms with Gasteiger partial charge in [0.1, 0.15) is 5.82 Å². The Hall–Kier alpha value is -2.96. The van der Waals surface area contributed by atoms with Crippen LogP contribution in [0.2, 0.25) is 10.0 Å². The van der Waals surface area contributed by atoms with E-state index in [1.807, 2.05) is 24.3 Å². The number of nitrogens with zero attached hydrogens (tertiary/aromatic N) is 6. The minimum absolute atomic E-state index is 0.216. The third-order valence-corrected chi connectivity index (χ3v) is 8.71. The molecule has 228 valence electrons. The summed E-state index contributed by atoms with van der Waals surface area (Å²) >= 11 is 13.2. The molecular formula is C30H35Cl2N6O4S+. The first-order chi connectivity index (χ1) is 20.8. The second-order valence-electron chi connectivity index (χ2n) is 11.0. The quantitative estimate of drug-likeness (QED) is 0.207. The van der Waals surface area contributed by atoms with Crippen LogP contribution >= 0.6 is 23.2 Å². The first-order valence-electron chi connectivity index (χ1n) is 14.5. The number of carboxylic acid groups (broad SMARTS) is 1. The number of piperazine rings is 1. The number of pyridine rings is 1. The number of rotatable bonds is 12. The average Bonchev–Trinajstić information content (AvgIpc) is 2.98. The number of aromatic nitrogens is 3. The topological polar surface area (TPSA) is 112 Å². The van der Waals surface area contributed by atoms with Crippen molar-refractivity contribution in [3.8, 4) is 23.0 Å². The van der Waals surface area contributed by atoms with Crippen molar-refractivity contribution in [2.24, 2.45) is 5.92 Å². The Morgan fingerprint density at radius 1 is 0.930 bits per heavy atom. The number of aliphatic carboxylic acids is 1. The Kier molecular flexibility index (Phi) is 11.1. The van der Waals surface area contributed by atoms with Crippen LogP contribution in [0.1, 0.15) is 31.2 Å². The van der Waals surface area contributed by atoms with Crippen LogP contribution in [0, 0.1) is 5.92 Å². The zero-order valence-corrected chi connectivity index (χ0v) is 26.2. The van der Waals surface area contributed by atoms with E-state index >= 15 is 0 Å². The highest BCUT2D eigenvalue weighted by Gasteiger charge is 2.22. The molecular weight excluding hydrogens is 611 g/mol. The summed E-state index contributed by atoms with van der Waals surface area (Å²) in [7, 11) is 0. The van der Waals surface area contributed by atoms with Crippen molar-refractivity contribution in [3.05, 3.63) is 58.3 Å². The molecule has 0 bridgehead atoms. The van der Waals surface area contributed by atoms with Crippen molar-refractivity contribution in [1.82, 2.24) is 24.8 Å². The first kappa shape index (κ1) is 31.5. The second kappa shape index (κ2) is 15.2. The Balaban J connectivity index is 1.28. The standard InChI is InChI=1S/C30H34Cl2N6O4S/c31-24-15-23(16-25(32)17-24)26-12-22(20-37-5-2-21(3-6-37)14-30(39)40)13-28(35-26)42-29-19-33-27(18-34-29)38-9-7-36(8-10-38)4-1-11-43-41/h12-13,15-19,21H,1-11,14,20H2/p+1. The van der Waals surface area contributed by atoms with E-state index in [1.165, 1.54) is 0 Å². The van der Waals surface area contributed by atoms with Gasteiger partial charge in [-0.25, -0.2) is 15.0 Å². The number of carbonyl (C=O) groups is 1. The summed E-state index contributed by atoms with van der Waals surface area (Å²) in [5.74, 6) is 1.65. The summed E-state index contributed by atoms with van der Waals surface area (Å²) in [4.78, 5) is 31.9. The van der Waals surface area contributed by atoms with Crippen molar-refractivity contribution >= 4 is 46.7 Å². The van der Waals surface area contributed by atoms with Gasteiger partial charge < -0.3 is 14.7 Å². The fourth-order valence-corrected chi connectivity index (χ4v) is 6.36. The molecule has 5 rings (SSSR count).